The second-order valence-electron chi connectivity index (χ2n) is 7.98. The number of rotatable bonds is 13. The molecular weight excluding hydrogens is 464 g/mol. The molecule has 186 valence electrons. The Morgan fingerprint density at radius 1 is 0.500 bits per heavy atom. The number of fused-ring (bicyclic) bond motifs is 2. The van der Waals surface area contributed by atoms with Crippen LogP contribution in [0.1, 0.15) is 20.7 Å². The summed E-state index contributed by atoms with van der Waals surface area (Å²) < 4.78 is 22.5. The van der Waals surface area contributed by atoms with Crippen molar-refractivity contribution in [2.45, 2.75) is 0 Å². The normalized spacial score (nSPS) is 11.0. The first-order chi connectivity index (χ1) is 17.5. The quantitative estimate of drug-likeness (QED) is 0.255. The van der Waals surface area contributed by atoms with Crippen LogP contribution in [0.5, 0.6) is 11.5 Å². The van der Waals surface area contributed by atoms with Crippen molar-refractivity contribution in [3.63, 3.8) is 0 Å². The van der Waals surface area contributed by atoms with Gasteiger partial charge in [-0.15, -0.1) is 0 Å². The van der Waals surface area contributed by atoms with Crippen molar-refractivity contribution in [1.82, 2.24) is 0 Å². The Hall–Kier alpha value is -4.14. The van der Waals surface area contributed by atoms with Gasteiger partial charge < -0.3 is 29.2 Å². The molecule has 0 aliphatic rings. The molecular formula is C28H26O8. The van der Waals surface area contributed by atoms with Gasteiger partial charge in [0.2, 0.25) is 0 Å². The van der Waals surface area contributed by atoms with Crippen LogP contribution in [-0.2, 0) is 9.47 Å². The van der Waals surface area contributed by atoms with Gasteiger partial charge in [0.25, 0.3) is 0 Å². The number of aromatic carboxylic acids is 2. The Bertz CT molecular complexity index is 1260. The van der Waals surface area contributed by atoms with Gasteiger partial charge in [-0.3, -0.25) is 0 Å². The number of hydrogen-bond donors (Lipinski definition) is 2. The molecule has 0 atom stereocenters. The molecule has 0 saturated carbocycles. The summed E-state index contributed by atoms with van der Waals surface area (Å²) in [6.07, 6.45) is 0. The van der Waals surface area contributed by atoms with Crippen molar-refractivity contribution >= 4 is 33.5 Å². The van der Waals surface area contributed by atoms with Crippen molar-refractivity contribution in [2.75, 3.05) is 39.6 Å². The second-order valence-corrected chi connectivity index (χ2v) is 7.98. The molecule has 0 radical (unpaired) electrons. The number of carboxylic acids is 2. The molecule has 36 heavy (non-hydrogen) atoms. The second kappa shape index (κ2) is 12.0. The number of carboxylic acid groups (broad SMARTS) is 2. The van der Waals surface area contributed by atoms with E-state index >= 15 is 0 Å². The van der Waals surface area contributed by atoms with Crippen LogP contribution in [0.2, 0.25) is 0 Å². The molecule has 4 rings (SSSR count). The third-order valence-electron chi connectivity index (χ3n) is 5.48. The molecule has 0 unspecified atom stereocenters. The minimum atomic E-state index is -0.949. The molecule has 0 aromatic heterocycles. The lowest BCUT2D eigenvalue weighted by atomic mass is 10.1. The summed E-state index contributed by atoms with van der Waals surface area (Å²) in [5.41, 5.74) is 0.509. The van der Waals surface area contributed by atoms with Crippen LogP contribution < -0.4 is 9.47 Å². The molecule has 0 bridgehead atoms. The summed E-state index contributed by atoms with van der Waals surface area (Å²) in [4.78, 5) is 22.1. The van der Waals surface area contributed by atoms with Gasteiger partial charge in [-0.05, 0) is 70.1 Å². The molecule has 0 saturated heterocycles. The first-order valence-corrected chi connectivity index (χ1v) is 11.4. The van der Waals surface area contributed by atoms with Crippen molar-refractivity contribution in [3.8, 4) is 11.5 Å². The van der Waals surface area contributed by atoms with Crippen LogP contribution in [0.25, 0.3) is 21.5 Å². The van der Waals surface area contributed by atoms with Crippen LogP contribution in [0.15, 0.2) is 72.8 Å². The molecule has 0 fully saturated rings. The fourth-order valence-electron chi connectivity index (χ4n) is 3.65. The number of benzene rings is 4. The van der Waals surface area contributed by atoms with E-state index in [0.29, 0.717) is 51.1 Å². The fraction of sp³-hybridized carbons (Fsp3) is 0.214. The predicted octanol–water partition coefficient (Wildman–Crippen LogP) is 4.88. The van der Waals surface area contributed by atoms with Crippen LogP contribution in [0, 0.1) is 0 Å². The Kier molecular flexibility index (Phi) is 8.33. The zero-order chi connectivity index (χ0) is 25.3. The Balaban J connectivity index is 1.08. The molecule has 4 aromatic carbocycles. The summed E-state index contributed by atoms with van der Waals surface area (Å²) >= 11 is 0. The van der Waals surface area contributed by atoms with Crippen LogP contribution in [0.4, 0.5) is 0 Å². The van der Waals surface area contributed by atoms with E-state index < -0.39 is 11.9 Å². The highest BCUT2D eigenvalue weighted by Crippen LogP contribution is 2.23. The van der Waals surface area contributed by atoms with Gasteiger partial charge in [0.05, 0.1) is 37.6 Å². The lowest BCUT2D eigenvalue weighted by Gasteiger charge is -2.10. The highest BCUT2D eigenvalue weighted by molar-refractivity contribution is 5.95. The number of ether oxygens (including phenoxy) is 4. The monoisotopic (exact) mass is 490 g/mol. The Morgan fingerprint density at radius 3 is 1.28 bits per heavy atom. The maximum Gasteiger partial charge on any atom is 0.335 e. The van der Waals surface area contributed by atoms with Gasteiger partial charge in [0.15, 0.2) is 0 Å². The van der Waals surface area contributed by atoms with Gasteiger partial charge in [-0.1, -0.05) is 24.3 Å². The average Bonchev–Trinajstić information content (AvgIpc) is 2.88. The summed E-state index contributed by atoms with van der Waals surface area (Å²) in [5.74, 6) is -0.512. The van der Waals surface area contributed by atoms with E-state index in [1.54, 1.807) is 48.5 Å². The average molecular weight is 491 g/mol. The maximum absolute atomic E-state index is 11.1. The van der Waals surface area contributed by atoms with Gasteiger partial charge in [-0.2, -0.15) is 0 Å². The van der Waals surface area contributed by atoms with Crippen molar-refractivity contribution in [1.29, 1.82) is 0 Å². The van der Waals surface area contributed by atoms with Crippen LogP contribution in [0.3, 0.4) is 0 Å². The van der Waals surface area contributed by atoms with Crippen molar-refractivity contribution in [2.24, 2.45) is 0 Å². The smallest absolute Gasteiger partial charge is 0.335 e. The summed E-state index contributed by atoms with van der Waals surface area (Å²) in [7, 11) is 0. The number of hydrogen-bond acceptors (Lipinski definition) is 6. The van der Waals surface area contributed by atoms with E-state index in [2.05, 4.69) is 0 Å². The highest BCUT2D eigenvalue weighted by atomic mass is 16.6. The minimum Gasteiger partial charge on any atom is -0.491 e. The van der Waals surface area contributed by atoms with Gasteiger partial charge in [0.1, 0.15) is 24.7 Å². The van der Waals surface area contributed by atoms with Crippen molar-refractivity contribution in [3.05, 3.63) is 83.9 Å². The third-order valence-corrected chi connectivity index (χ3v) is 5.48. The predicted molar refractivity (Wildman–Crippen MR) is 134 cm³/mol. The zero-order valence-corrected chi connectivity index (χ0v) is 19.5. The topological polar surface area (TPSA) is 112 Å². The first-order valence-electron chi connectivity index (χ1n) is 11.4. The summed E-state index contributed by atoms with van der Waals surface area (Å²) in [6, 6.07) is 21.0. The SMILES string of the molecule is O=C(O)c1ccc2cc(OCCOCCOCCOc3ccc4cc(C(=O)O)ccc4c3)ccc2c1. The van der Waals surface area contributed by atoms with E-state index in [0.717, 1.165) is 21.5 Å². The molecule has 0 aliphatic carbocycles. The molecule has 2 N–H and O–H groups in total. The molecule has 0 spiro atoms. The molecule has 0 heterocycles. The lowest BCUT2D eigenvalue weighted by Crippen LogP contribution is -2.13. The van der Waals surface area contributed by atoms with Crippen LogP contribution in [-0.4, -0.2) is 61.8 Å². The molecule has 0 amide bonds. The fourth-order valence-corrected chi connectivity index (χ4v) is 3.65. The highest BCUT2D eigenvalue weighted by Gasteiger charge is 2.06. The molecule has 0 aliphatic heterocycles. The van der Waals surface area contributed by atoms with E-state index in [-0.39, 0.29) is 11.1 Å². The Morgan fingerprint density at radius 2 is 0.861 bits per heavy atom. The summed E-state index contributed by atoms with van der Waals surface area (Å²) in [5, 5.41) is 21.7. The molecule has 8 nitrogen and oxygen atoms in total. The summed E-state index contributed by atoms with van der Waals surface area (Å²) in [6.45, 7) is 2.46. The van der Waals surface area contributed by atoms with Gasteiger partial charge in [-0.25, -0.2) is 9.59 Å². The number of carbonyl (C=O) groups is 2. The molecule has 4 aromatic rings. The Labute approximate surface area is 207 Å². The zero-order valence-electron chi connectivity index (χ0n) is 19.5. The van der Waals surface area contributed by atoms with Crippen molar-refractivity contribution < 1.29 is 38.7 Å². The van der Waals surface area contributed by atoms with Gasteiger partial charge in [0, 0.05) is 0 Å². The van der Waals surface area contributed by atoms with Gasteiger partial charge >= 0.3 is 11.9 Å². The van der Waals surface area contributed by atoms with Crippen LogP contribution >= 0.6 is 0 Å². The minimum absolute atomic E-state index is 0.254. The largest absolute Gasteiger partial charge is 0.491 e. The molecule has 8 heteroatoms. The van der Waals surface area contributed by atoms with E-state index in [4.69, 9.17) is 29.2 Å². The maximum atomic E-state index is 11.1. The van der Waals surface area contributed by atoms with E-state index in [9.17, 15) is 9.59 Å². The third kappa shape index (κ3) is 6.71. The first kappa shape index (κ1) is 25.0. The van der Waals surface area contributed by atoms with E-state index in [1.807, 2.05) is 24.3 Å². The standard InChI is InChI=1S/C28H26O8/c29-27(30)23-3-1-21-17-25(7-5-19(21)15-23)35-13-11-33-9-10-34-12-14-36-26-8-6-20-16-24(28(31)32)4-2-22(20)18-26/h1-8,15-18H,9-14H2,(H,29,30)(H,31,32). The lowest BCUT2D eigenvalue weighted by molar-refractivity contribution is 0.0274. The van der Waals surface area contributed by atoms with E-state index in [1.165, 1.54) is 0 Å².